The maximum Gasteiger partial charge on any atom is 0.274 e. The van der Waals surface area contributed by atoms with Crippen LogP contribution >= 0.6 is 11.3 Å². The number of nitriles is 1. The van der Waals surface area contributed by atoms with Crippen LogP contribution in [-0.2, 0) is 11.3 Å². The maximum absolute atomic E-state index is 12.9. The van der Waals surface area contributed by atoms with Crippen molar-refractivity contribution in [2.24, 2.45) is 0 Å². The van der Waals surface area contributed by atoms with Gasteiger partial charge in [0.15, 0.2) is 5.13 Å². The molecule has 2 atom stereocenters. The molecule has 1 aliphatic heterocycles. The number of nitrogens with zero attached hydrogens (tertiary/aromatic N) is 4. The van der Waals surface area contributed by atoms with E-state index in [1.807, 2.05) is 28.3 Å². The van der Waals surface area contributed by atoms with Gasteiger partial charge >= 0.3 is 0 Å². The van der Waals surface area contributed by atoms with E-state index >= 15 is 0 Å². The largest absolute Gasteiger partial charge is 0.379 e. The summed E-state index contributed by atoms with van der Waals surface area (Å²) >= 11 is 1.44. The zero-order chi connectivity index (χ0) is 21.6. The zero-order valence-corrected chi connectivity index (χ0v) is 18.2. The number of methoxy groups -OCH3 is 1. The van der Waals surface area contributed by atoms with Crippen LogP contribution in [-0.4, -0.2) is 35.2 Å². The predicted molar refractivity (Wildman–Crippen MR) is 121 cm³/mol. The Bertz CT molecular complexity index is 1060. The smallest absolute Gasteiger partial charge is 0.274 e. The van der Waals surface area contributed by atoms with Crippen molar-refractivity contribution < 1.29 is 9.53 Å². The number of para-hydroxylation sites is 1. The van der Waals surface area contributed by atoms with E-state index in [0.29, 0.717) is 17.4 Å². The molecule has 3 heterocycles. The Hall–Kier alpha value is -3.15. The summed E-state index contributed by atoms with van der Waals surface area (Å²) in [5.41, 5.74) is 2.71. The predicted octanol–water partition coefficient (Wildman–Crippen LogP) is 4.47. The molecule has 1 aromatic carbocycles. The van der Waals surface area contributed by atoms with Gasteiger partial charge in [0.2, 0.25) is 0 Å². The fourth-order valence-electron chi connectivity index (χ4n) is 3.98. The first-order chi connectivity index (χ1) is 15.2. The molecular weight excluding hydrogens is 410 g/mol. The lowest BCUT2D eigenvalue weighted by atomic mass is 10.1. The van der Waals surface area contributed by atoms with E-state index in [1.54, 1.807) is 13.2 Å². The molecule has 0 bridgehead atoms. The van der Waals surface area contributed by atoms with Crippen LogP contribution in [0.1, 0.15) is 41.5 Å². The number of anilines is 2. The quantitative estimate of drug-likeness (QED) is 0.565. The molecular formula is C23H25N5O2S. The summed E-state index contributed by atoms with van der Waals surface area (Å²) in [5.74, 6) is -0.218. The summed E-state index contributed by atoms with van der Waals surface area (Å²) in [6, 6.07) is 16.3. The molecule has 2 aromatic heterocycles. The molecule has 4 rings (SSSR count). The lowest BCUT2D eigenvalue weighted by molar-refractivity contribution is 0.0887. The fourth-order valence-corrected chi connectivity index (χ4v) is 4.74. The number of ether oxygens (including phenoxy) is 1. The van der Waals surface area contributed by atoms with Gasteiger partial charge in [-0.25, -0.2) is 4.98 Å². The van der Waals surface area contributed by atoms with Gasteiger partial charge in [-0.2, -0.15) is 5.26 Å². The third kappa shape index (κ3) is 4.79. The number of hydrogen-bond donors (Lipinski definition) is 1. The zero-order valence-electron chi connectivity index (χ0n) is 17.4. The first-order valence-electron chi connectivity index (χ1n) is 10.3. The Morgan fingerprint density at radius 3 is 2.97 bits per heavy atom. The van der Waals surface area contributed by atoms with Crippen LogP contribution in [0.25, 0.3) is 0 Å². The van der Waals surface area contributed by atoms with Gasteiger partial charge in [0.1, 0.15) is 5.69 Å². The average Bonchev–Trinajstić information content (AvgIpc) is 3.54. The highest BCUT2D eigenvalue weighted by Gasteiger charge is 2.28. The second-order valence-electron chi connectivity index (χ2n) is 7.48. The number of rotatable bonds is 8. The first-order valence-corrected chi connectivity index (χ1v) is 11.2. The van der Waals surface area contributed by atoms with Gasteiger partial charge in [-0.3, -0.25) is 10.1 Å². The van der Waals surface area contributed by atoms with Crippen molar-refractivity contribution in [3.05, 3.63) is 65.4 Å². The number of carbonyl (C=O) groups excluding carboxylic acids is 1. The van der Waals surface area contributed by atoms with Crippen LogP contribution in [0.2, 0.25) is 0 Å². The number of thiazole rings is 1. The number of amides is 1. The van der Waals surface area contributed by atoms with Crippen LogP contribution in [0.15, 0.2) is 54.0 Å². The van der Waals surface area contributed by atoms with Crippen molar-refractivity contribution in [1.82, 2.24) is 9.55 Å². The molecule has 0 aliphatic carbocycles. The molecule has 1 aliphatic rings. The molecule has 31 heavy (non-hydrogen) atoms. The Balaban J connectivity index is 1.45. The second-order valence-corrected chi connectivity index (χ2v) is 8.34. The topological polar surface area (TPSA) is 83.2 Å². The van der Waals surface area contributed by atoms with E-state index in [0.717, 1.165) is 25.1 Å². The minimum Gasteiger partial charge on any atom is -0.379 e. The maximum atomic E-state index is 12.9. The highest BCUT2D eigenvalue weighted by Crippen LogP contribution is 2.37. The van der Waals surface area contributed by atoms with Gasteiger partial charge in [0, 0.05) is 30.9 Å². The fraction of sp³-hybridized carbons (Fsp3) is 0.348. The summed E-state index contributed by atoms with van der Waals surface area (Å²) in [6.07, 6.45) is 4.00. The third-order valence-corrected chi connectivity index (χ3v) is 6.32. The summed E-state index contributed by atoms with van der Waals surface area (Å²) in [5, 5.41) is 14.5. The summed E-state index contributed by atoms with van der Waals surface area (Å²) in [4.78, 5) is 20.0. The van der Waals surface area contributed by atoms with Crippen molar-refractivity contribution in [2.45, 2.75) is 38.0 Å². The van der Waals surface area contributed by atoms with E-state index in [-0.39, 0.29) is 24.5 Å². The van der Waals surface area contributed by atoms with Crippen molar-refractivity contribution in [3.8, 4) is 6.07 Å². The van der Waals surface area contributed by atoms with Gasteiger partial charge in [0.25, 0.3) is 5.91 Å². The lowest BCUT2D eigenvalue weighted by Crippen LogP contribution is -2.23. The molecule has 1 amide bonds. The molecule has 1 fully saturated rings. The Morgan fingerprint density at radius 2 is 2.19 bits per heavy atom. The minimum atomic E-state index is -0.262. The van der Waals surface area contributed by atoms with Crippen molar-refractivity contribution in [3.63, 3.8) is 0 Å². The van der Waals surface area contributed by atoms with Gasteiger partial charge < -0.3 is 14.2 Å². The van der Waals surface area contributed by atoms with Gasteiger partial charge in [0.05, 0.1) is 36.9 Å². The van der Waals surface area contributed by atoms with Crippen LogP contribution < -0.4 is 10.2 Å². The van der Waals surface area contributed by atoms with Crippen molar-refractivity contribution in [2.75, 3.05) is 23.9 Å². The van der Waals surface area contributed by atoms with E-state index < -0.39 is 0 Å². The normalized spacial score (nSPS) is 16.8. The van der Waals surface area contributed by atoms with Crippen molar-refractivity contribution in [1.29, 1.82) is 5.26 Å². The number of aromatic nitrogens is 2. The minimum absolute atomic E-state index is 0.218. The highest BCUT2D eigenvalue weighted by atomic mass is 32.1. The van der Waals surface area contributed by atoms with Crippen LogP contribution in [0, 0.1) is 11.3 Å². The average molecular weight is 436 g/mol. The van der Waals surface area contributed by atoms with E-state index in [4.69, 9.17) is 15.0 Å². The number of nitrogens with one attached hydrogen (secondary N) is 1. The molecule has 1 saturated heterocycles. The molecule has 8 heteroatoms. The van der Waals surface area contributed by atoms with E-state index in [1.165, 1.54) is 17.0 Å². The Kier molecular flexibility index (Phi) is 6.65. The monoisotopic (exact) mass is 435 g/mol. The molecule has 0 spiro atoms. The molecule has 1 N–H and O–H groups in total. The SMILES string of the molecule is COC(CC#N)Cn1cccc1C(=O)Nc1nc(C2CCCN2c2ccccc2)cs1. The summed E-state index contributed by atoms with van der Waals surface area (Å²) < 4.78 is 7.14. The number of benzene rings is 1. The molecule has 0 radical (unpaired) electrons. The third-order valence-electron chi connectivity index (χ3n) is 5.54. The standard InChI is InChI=1S/C23H25N5O2S/c1-30-18(11-12-24)15-27-13-5-10-21(27)22(29)26-23-25-19(16-31-23)20-9-6-14-28(20)17-7-3-2-4-8-17/h2-5,7-8,10,13,16,18,20H,6,9,11,14-15H2,1H3,(H,25,26,29). The first kappa shape index (κ1) is 21.1. The van der Waals surface area contributed by atoms with Gasteiger partial charge in [-0.15, -0.1) is 11.3 Å². The van der Waals surface area contributed by atoms with Crippen LogP contribution in [0.3, 0.4) is 0 Å². The van der Waals surface area contributed by atoms with E-state index in [9.17, 15) is 4.79 Å². The van der Waals surface area contributed by atoms with Gasteiger partial charge in [-0.05, 0) is 37.1 Å². The summed E-state index contributed by atoms with van der Waals surface area (Å²) in [7, 11) is 1.57. The van der Waals surface area contributed by atoms with Crippen molar-refractivity contribution >= 4 is 28.1 Å². The molecule has 7 nitrogen and oxygen atoms in total. The summed E-state index contributed by atoms with van der Waals surface area (Å²) in [6.45, 7) is 1.45. The second kappa shape index (κ2) is 9.77. The number of hydrogen-bond acceptors (Lipinski definition) is 6. The highest BCUT2D eigenvalue weighted by molar-refractivity contribution is 7.14. The van der Waals surface area contributed by atoms with Crippen LogP contribution in [0.4, 0.5) is 10.8 Å². The molecule has 0 saturated carbocycles. The molecule has 2 unspecified atom stereocenters. The van der Waals surface area contributed by atoms with E-state index in [2.05, 4.69) is 40.6 Å². The molecule has 3 aromatic rings. The Labute approximate surface area is 185 Å². The van der Waals surface area contributed by atoms with Crippen LogP contribution in [0.5, 0.6) is 0 Å². The van der Waals surface area contributed by atoms with Gasteiger partial charge in [-0.1, -0.05) is 18.2 Å². The number of carbonyl (C=O) groups is 1. The Morgan fingerprint density at radius 1 is 1.35 bits per heavy atom. The molecule has 160 valence electrons. The lowest BCUT2D eigenvalue weighted by Gasteiger charge is -2.25.